The number of carbonyl (C=O) groups excluding carboxylic acids is 2. The molecule has 0 spiro atoms. The summed E-state index contributed by atoms with van der Waals surface area (Å²) in [6.45, 7) is 3.65. The lowest BCUT2D eigenvalue weighted by molar-refractivity contribution is -0.136. The maximum absolute atomic E-state index is 12.4. The zero-order valence-electron chi connectivity index (χ0n) is 21.1. The number of ether oxygens (including phenoxy) is 4. The summed E-state index contributed by atoms with van der Waals surface area (Å²) < 4.78 is 23.2. The van der Waals surface area contributed by atoms with E-state index in [1.54, 1.807) is 38.4 Å². The van der Waals surface area contributed by atoms with Crippen LogP contribution in [0.4, 0.5) is 4.79 Å². The van der Waals surface area contributed by atoms with Crippen LogP contribution in [-0.2, 0) is 9.53 Å². The van der Waals surface area contributed by atoms with Crippen LogP contribution in [0.2, 0.25) is 0 Å². The Morgan fingerprint density at radius 1 is 1.18 bits per heavy atom. The quantitative estimate of drug-likeness (QED) is 0.124. The van der Waals surface area contributed by atoms with Crippen LogP contribution in [0.25, 0.3) is 0 Å². The summed E-state index contributed by atoms with van der Waals surface area (Å²) in [5, 5.41) is 19.7. The highest BCUT2D eigenvalue weighted by Gasteiger charge is 2.32. The van der Waals surface area contributed by atoms with Crippen LogP contribution in [0.3, 0.4) is 0 Å². The van der Waals surface area contributed by atoms with Gasteiger partial charge in [-0.2, -0.15) is 5.10 Å². The standard InChI is InChI=1S/C25H28Br2N4O7/c1-5-37-19-10-15(22-21(24(33)36-4)13(2)29-25(34)30-22)6-7-18(19)38-12-20(32)31-28-11-14-8-16(26)23(35-3)17(27)9-14/h6-11,20,22,31-32H,5,12H2,1-4H3,(H2,29,30,34)/b28-11-/t20-,22+/m1/s1. The molecule has 11 nitrogen and oxygen atoms in total. The van der Waals surface area contributed by atoms with E-state index in [-0.39, 0.29) is 12.2 Å². The molecule has 38 heavy (non-hydrogen) atoms. The van der Waals surface area contributed by atoms with Gasteiger partial charge in [0, 0.05) is 5.70 Å². The highest BCUT2D eigenvalue weighted by molar-refractivity contribution is 9.11. The van der Waals surface area contributed by atoms with Gasteiger partial charge in [0.2, 0.25) is 0 Å². The van der Waals surface area contributed by atoms with Crippen molar-refractivity contribution in [1.29, 1.82) is 0 Å². The lowest BCUT2D eigenvalue weighted by atomic mass is 9.95. The Balaban J connectivity index is 1.70. The normalized spacial score (nSPS) is 16.0. The van der Waals surface area contributed by atoms with E-state index in [4.69, 9.17) is 18.9 Å². The Morgan fingerprint density at radius 2 is 1.89 bits per heavy atom. The fourth-order valence-corrected chi connectivity index (χ4v) is 5.21. The zero-order chi connectivity index (χ0) is 27.8. The first-order chi connectivity index (χ1) is 18.2. The van der Waals surface area contributed by atoms with Crippen LogP contribution < -0.4 is 30.3 Å². The number of nitrogens with zero attached hydrogens (tertiary/aromatic N) is 1. The second-order valence-electron chi connectivity index (χ2n) is 7.93. The Hall–Kier alpha value is -3.29. The molecule has 0 aromatic heterocycles. The molecular formula is C25H28Br2N4O7. The van der Waals surface area contributed by atoms with Gasteiger partial charge in [0.1, 0.15) is 12.4 Å². The molecule has 0 fully saturated rings. The highest BCUT2D eigenvalue weighted by Crippen LogP contribution is 2.35. The van der Waals surface area contributed by atoms with Gasteiger partial charge >= 0.3 is 12.0 Å². The molecule has 3 rings (SSSR count). The molecule has 0 aliphatic carbocycles. The number of allylic oxidation sites excluding steroid dienone is 1. The van der Waals surface area contributed by atoms with Crippen molar-refractivity contribution in [2.75, 3.05) is 27.4 Å². The smallest absolute Gasteiger partial charge is 0.337 e. The number of carbonyl (C=O) groups is 2. The molecule has 1 aliphatic rings. The van der Waals surface area contributed by atoms with E-state index >= 15 is 0 Å². The van der Waals surface area contributed by atoms with Crippen molar-refractivity contribution in [3.05, 3.63) is 61.7 Å². The lowest BCUT2D eigenvalue weighted by Crippen LogP contribution is -2.45. The Kier molecular flexibility index (Phi) is 10.4. The Morgan fingerprint density at radius 3 is 2.53 bits per heavy atom. The topological polar surface area (TPSA) is 140 Å². The summed E-state index contributed by atoms with van der Waals surface area (Å²) in [7, 11) is 2.85. The number of hydrogen-bond donors (Lipinski definition) is 4. The minimum absolute atomic E-state index is 0.136. The summed E-state index contributed by atoms with van der Waals surface area (Å²) in [4.78, 5) is 24.5. The monoisotopic (exact) mass is 654 g/mol. The number of rotatable bonds is 11. The van der Waals surface area contributed by atoms with Crippen LogP contribution >= 0.6 is 31.9 Å². The van der Waals surface area contributed by atoms with E-state index < -0.39 is 24.3 Å². The van der Waals surface area contributed by atoms with Gasteiger partial charge in [-0.3, -0.25) is 5.43 Å². The number of aliphatic hydroxyl groups is 1. The lowest BCUT2D eigenvalue weighted by Gasteiger charge is -2.28. The predicted octanol–water partition coefficient (Wildman–Crippen LogP) is 3.74. The number of amides is 2. The first-order valence-electron chi connectivity index (χ1n) is 11.4. The molecule has 2 amide bonds. The van der Waals surface area contributed by atoms with Crippen LogP contribution in [0.5, 0.6) is 17.2 Å². The largest absolute Gasteiger partial charge is 0.494 e. The molecule has 0 unspecified atom stereocenters. The third-order valence-electron chi connectivity index (χ3n) is 5.33. The van der Waals surface area contributed by atoms with Crippen LogP contribution in [-0.4, -0.2) is 57.0 Å². The second kappa shape index (κ2) is 13.5. The predicted molar refractivity (Wildman–Crippen MR) is 147 cm³/mol. The average Bonchev–Trinajstić information content (AvgIpc) is 2.87. The Bertz CT molecular complexity index is 1230. The third-order valence-corrected chi connectivity index (χ3v) is 6.51. The number of halogens is 2. The molecule has 0 bridgehead atoms. The second-order valence-corrected chi connectivity index (χ2v) is 9.64. The van der Waals surface area contributed by atoms with Gasteiger partial charge in [0.25, 0.3) is 0 Å². The van der Waals surface area contributed by atoms with Crippen molar-refractivity contribution in [1.82, 2.24) is 16.1 Å². The fraction of sp³-hybridized carbons (Fsp3) is 0.320. The number of urea groups is 1. The van der Waals surface area contributed by atoms with E-state index in [1.165, 1.54) is 7.11 Å². The summed E-state index contributed by atoms with van der Waals surface area (Å²) in [6.07, 6.45) is 0.422. The van der Waals surface area contributed by atoms with E-state index in [1.807, 2.05) is 19.1 Å². The Labute approximate surface area is 236 Å². The van der Waals surface area contributed by atoms with E-state index in [2.05, 4.69) is 53.0 Å². The number of nitrogens with one attached hydrogen (secondary N) is 3. The molecule has 0 radical (unpaired) electrons. The molecule has 0 saturated heterocycles. The molecule has 1 heterocycles. The first kappa shape index (κ1) is 29.3. The fourth-order valence-electron chi connectivity index (χ4n) is 3.67. The van der Waals surface area contributed by atoms with Gasteiger partial charge in [-0.1, -0.05) is 6.07 Å². The minimum Gasteiger partial charge on any atom is -0.494 e. The number of hydrogen-bond acceptors (Lipinski definition) is 9. The van der Waals surface area contributed by atoms with Gasteiger partial charge in [-0.05, 0) is 81.1 Å². The van der Waals surface area contributed by atoms with E-state index in [0.717, 1.165) is 14.5 Å². The van der Waals surface area contributed by atoms with Gasteiger partial charge < -0.3 is 34.7 Å². The van der Waals surface area contributed by atoms with Gasteiger partial charge in [-0.25, -0.2) is 9.59 Å². The number of benzene rings is 2. The van der Waals surface area contributed by atoms with E-state index in [0.29, 0.717) is 35.1 Å². The number of aliphatic hydroxyl groups excluding tert-OH is 1. The van der Waals surface area contributed by atoms with Crippen LogP contribution in [0.1, 0.15) is 31.0 Å². The van der Waals surface area contributed by atoms with Crippen LogP contribution in [0, 0.1) is 0 Å². The van der Waals surface area contributed by atoms with Gasteiger partial charge in [0.05, 0.1) is 47.6 Å². The molecule has 2 atom stereocenters. The summed E-state index contributed by atoms with van der Waals surface area (Å²) in [5.41, 5.74) is 4.63. The molecule has 2 aromatic rings. The van der Waals surface area contributed by atoms with Crippen molar-refractivity contribution < 1.29 is 33.6 Å². The van der Waals surface area contributed by atoms with Crippen molar-refractivity contribution >= 4 is 50.1 Å². The van der Waals surface area contributed by atoms with E-state index in [9.17, 15) is 14.7 Å². The molecule has 13 heteroatoms. The average molecular weight is 656 g/mol. The molecule has 204 valence electrons. The van der Waals surface area contributed by atoms with Crippen LogP contribution in [0.15, 0.2) is 55.6 Å². The van der Waals surface area contributed by atoms with Crippen molar-refractivity contribution in [3.63, 3.8) is 0 Å². The van der Waals surface area contributed by atoms with Crippen molar-refractivity contribution in [2.45, 2.75) is 26.1 Å². The number of methoxy groups -OCH3 is 2. The molecular weight excluding hydrogens is 628 g/mol. The maximum atomic E-state index is 12.4. The molecule has 1 aliphatic heterocycles. The first-order valence-corrected chi connectivity index (χ1v) is 13.0. The summed E-state index contributed by atoms with van der Waals surface area (Å²) in [5.74, 6) is 0.838. The summed E-state index contributed by atoms with van der Waals surface area (Å²) >= 11 is 6.86. The maximum Gasteiger partial charge on any atom is 0.337 e. The third kappa shape index (κ3) is 7.17. The number of hydrazone groups is 1. The van der Waals surface area contributed by atoms with Gasteiger partial charge in [-0.15, -0.1) is 0 Å². The highest BCUT2D eigenvalue weighted by atomic mass is 79.9. The zero-order valence-corrected chi connectivity index (χ0v) is 24.3. The SMILES string of the molecule is CCOc1cc([C@@H]2NC(=O)NC(C)=C2C(=O)OC)ccc1OC[C@@H](O)N/N=C\c1cc(Br)c(OC)c(Br)c1. The van der Waals surface area contributed by atoms with Crippen molar-refractivity contribution in [3.8, 4) is 17.2 Å². The molecule has 0 saturated carbocycles. The molecule has 4 N–H and O–H groups in total. The summed E-state index contributed by atoms with van der Waals surface area (Å²) in [6, 6.07) is 7.46. The molecule has 2 aromatic carbocycles. The number of esters is 1. The van der Waals surface area contributed by atoms with Crippen molar-refractivity contribution in [2.24, 2.45) is 5.10 Å². The minimum atomic E-state index is -1.12. The van der Waals surface area contributed by atoms with Gasteiger partial charge in [0.15, 0.2) is 17.7 Å².